The molecular formula is C19H16Cl2N2O4. The van der Waals surface area contributed by atoms with Crippen LogP contribution in [0.3, 0.4) is 0 Å². The summed E-state index contributed by atoms with van der Waals surface area (Å²) in [5.74, 6) is -1.08. The Labute approximate surface area is 165 Å². The number of anilines is 1. The van der Waals surface area contributed by atoms with Gasteiger partial charge in [0.25, 0.3) is 0 Å². The van der Waals surface area contributed by atoms with E-state index in [1.54, 1.807) is 13.0 Å². The van der Waals surface area contributed by atoms with Crippen molar-refractivity contribution in [1.29, 1.82) is 0 Å². The third-order valence-corrected chi connectivity index (χ3v) is 4.23. The Morgan fingerprint density at radius 3 is 2.48 bits per heavy atom. The largest absolute Gasteiger partial charge is 0.459 e. The number of hydrogen-bond acceptors (Lipinski definition) is 4. The summed E-state index contributed by atoms with van der Waals surface area (Å²) in [6.45, 7) is 3.68. The molecule has 1 amide bonds. The molecule has 1 aromatic heterocycles. The summed E-state index contributed by atoms with van der Waals surface area (Å²) >= 11 is 12.5. The molecule has 0 aliphatic carbocycles. The predicted octanol–water partition coefficient (Wildman–Crippen LogP) is 5.08. The van der Waals surface area contributed by atoms with Gasteiger partial charge in [0.2, 0.25) is 0 Å². The lowest BCUT2D eigenvalue weighted by Gasteiger charge is -2.12. The molecule has 0 unspecified atom stereocenters. The lowest BCUT2D eigenvalue weighted by atomic mass is 10.2. The molecule has 0 saturated heterocycles. The summed E-state index contributed by atoms with van der Waals surface area (Å²) in [5.41, 5.74) is 2.29. The molecule has 0 spiro atoms. The van der Waals surface area contributed by atoms with Gasteiger partial charge in [-0.05, 0) is 50.2 Å². The van der Waals surface area contributed by atoms with E-state index >= 15 is 0 Å². The molecule has 0 aliphatic heterocycles. The number of nitrogens with one attached hydrogen (secondary N) is 2. The average Bonchev–Trinajstić information content (AvgIpc) is 2.97. The number of carbonyl (C=O) groups excluding carboxylic acids is 2. The van der Waals surface area contributed by atoms with Gasteiger partial charge in [-0.2, -0.15) is 0 Å². The standard InChI is InChI=1S/C19H16Cl2N2O4/c1-3-26-19(25)18(24)23-12-8-14(20)17(15(21)9-12)27-13-4-5-16-11(7-13)6-10(2)22-16/h4-9,22H,3H2,1-2H3,(H,23,24). The molecule has 2 aromatic carbocycles. The number of aryl methyl sites for hydroxylation is 1. The average molecular weight is 407 g/mol. The van der Waals surface area contributed by atoms with Crippen LogP contribution in [0.5, 0.6) is 11.5 Å². The van der Waals surface area contributed by atoms with Gasteiger partial charge in [-0.25, -0.2) is 4.79 Å². The van der Waals surface area contributed by atoms with Crippen LogP contribution in [0.25, 0.3) is 10.9 Å². The van der Waals surface area contributed by atoms with Crippen molar-refractivity contribution in [3.63, 3.8) is 0 Å². The van der Waals surface area contributed by atoms with Gasteiger partial charge in [0.15, 0.2) is 5.75 Å². The summed E-state index contributed by atoms with van der Waals surface area (Å²) in [4.78, 5) is 26.4. The summed E-state index contributed by atoms with van der Waals surface area (Å²) in [5, 5.41) is 3.75. The van der Waals surface area contributed by atoms with Gasteiger partial charge in [-0.1, -0.05) is 23.2 Å². The highest BCUT2D eigenvalue weighted by Gasteiger charge is 2.17. The maximum Gasteiger partial charge on any atom is 0.397 e. The number of carbonyl (C=O) groups is 2. The number of benzene rings is 2. The first kappa shape index (κ1) is 19.1. The Balaban J connectivity index is 1.81. The summed E-state index contributed by atoms with van der Waals surface area (Å²) in [7, 11) is 0. The van der Waals surface area contributed by atoms with Crippen molar-refractivity contribution in [3.8, 4) is 11.5 Å². The van der Waals surface area contributed by atoms with Gasteiger partial charge >= 0.3 is 11.9 Å². The van der Waals surface area contributed by atoms with Crippen LogP contribution in [0.2, 0.25) is 10.0 Å². The van der Waals surface area contributed by atoms with E-state index < -0.39 is 11.9 Å². The van der Waals surface area contributed by atoms with Gasteiger partial charge in [0, 0.05) is 22.3 Å². The number of fused-ring (bicyclic) bond motifs is 1. The molecule has 8 heteroatoms. The molecule has 3 rings (SSSR count). The Morgan fingerprint density at radius 1 is 1.11 bits per heavy atom. The molecule has 0 atom stereocenters. The highest BCUT2D eigenvalue weighted by Crippen LogP contribution is 2.39. The minimum Gasteiger partial charge on any atom is -0.459 e. The number of hydrogen-bond donors (Lipinski definition) is 2. The number of aromatic amines is 1. The molecular weight excluding hydrogens is 391 g/mol. The van der Waals surface area contributed by atoms with Crippen LogP contribution in [0.4, 0.5) is 5.69 Å². The second-order valence-corrected chi connectivity index (χ2v) is 6.56. The fourth-order valence-corrected chi connectivity index (χ4v) is 3.11. The third kappa shape index (κ3) is 4.35. The maximum atomic E-state index is 11.7. The Bertz CT molecular complexity index is 1010. The molecule has 0 bridgehead atoms. The van der Waals surface area contributed by atoms with Crippen molar-refractivity contribution in [1.82, 2.24) is 4.98 Å². The van der Waals surface area contributed by atoms with Crippen LogP contribution < -0.4 is 10.1 Å². The second-order valence-electron chi connectivity index (χ2n) is 5.75. The molecule has 6 nitrogen and oxygen atoms in total. The Hall–Kier alpha value is -2.70. The molecule has 0 radical (unpaired) electrons. The molecule has 3 aromatic rings. The number of halogens is 2. The number of esters is 1. The number of amides is 1. The highest BCUT2D eigenvalue weighted by molar-refractivity contribution is 6.39. The minimum absolute atomic E-state index is 0.103. The SMILES string of the molecule is CCOC(=O)C(=O)Nc1cc(Cl)c(Oc2ccc3[nH]c(C)cc3c2)c(Cl)c1. The van der Waals surface area contributed by atoms with Gasteiger partial charge in [-0.3, -0.25) is 4.79 Å². The van der Waals surface area contributed by atoms with Crippen LogP contribution >= 0.6 is 23.2 Å². The number of ether oxygens (including phenoxy) is 2. The van der Waals surface area contributed by atoms with Crippen molar-refractivity contribution in [2.75, 3.05) is 11.9 Å². The Kier molecular flexibility index (Phi) is 5.58. The van der Waals surface area contributed by atoms with Crippen molar-refractivity contribution in [2.24, 2.45) is 0 Å². The zero-order chi connectivity index (χ0) is 19.6. The van der Waals surface area contributed by atoms with Gasteiger partial charge in [0.1, 0.15) is 5.75 Å². The highest BCUT2D eigenvalue weighted by atomic mass is 35.5. The lowest BCUT2D eigenvalue weighted by molar-refractivity contribution is -0.152. The third-order valence-electron chi connectivity index (χ3n) is 3.66. The van der Waals surface area contributed by atoms with Crippen LogP contribution in [0.1, 0.15) is 12.6 Å². The van der Waals surface area contributed by atoms with E-state index in [4.69, 9.17) is 27.9 Å². The molecule has 0 aliphatic rings. The van der Waals surface area contributed by atoms with Gasteiger partial charge in [-0.15, -0.1) is 0 Å². The monoisotopic (exact) mass is 406 g/mol. The first-order chi connectivity index (χ1) is 12.9. The molecule has 0 saturated carbocycles. The van der Waals surface area contributed by atoms with Gasteiger partial charge in [0.05, 0.1) is 16.7 Å². The molecule has 1 heterocycles. The molecule has 2 N–H and O–H groups in total. The summed E-state index contributed by atoms with van der Waals surface area (Å²) in [6, 6.07) is 10.4. The van der Waals surface area contributed by atoms with Gasteiger partial charge < -0.3 is 19.8 Å². The predicted molar refractivity (Wildman–Crippen MR) is 105 cm³/mol. The second kappa shape index (κ2) is 7.90. The fraction of sp³-hybridized carbons (Fsp3) is 0.158. The molecule has 140 valence electrons. The van der Waals surface area contributed by atoms with E-state index in [9.17, 15) is 9.59 Å². The van der Waals surface area contributed by atoms with E-state index in [-0.39, 0.29) is 28.1 Å². The van der Waals surface area contributed by atoms with E-state index in [1.807, 2.05) is 25.1 Å². The van der Waals surface area contributed by atoms with E-state index in [1.165, 1.54) is 12.1 Å². The van der Waals surface area contributed by atoms with Crippen LogP contribution in [0, 0.1) is 6.92 Å². The zero-order valence-corrected chi connectivity index (χ0v) is 16.1. The fourth-order valence-electron chi connectivity index (χ4n) is 2.55. The smallest absolute Gasteiger partial charge is 0.397 e. The van der Waals surface area contributed by atoms with Crippen LogP contribution in [0.15, 0.2) is 36.4 Å². The van der Waals surface area contributed by atoms with E-state index in [2.05, 4.69) is 15.0 Å². The first-order valence-corrected chi connectivity index (χ1v) is 8.87. The quantitative estimate of drug-likeness (QED) is 0.467. The first-order valence-electron chi connectivity index (χ1n) is 8.11. The normalized spacial score (nSPS) is 10.7. The number of aromatic nitrogens is 1. The molecule has 0 fully saturated rings. The van der Waals surface area contributed by atoms with Crippen molar-refractivity contribution < 1.29 is 19.1 Å². The minimum atomic E-state index is -0.986. The van der Waals surface area contributed by atoms with Crippen LogP contribution in [-0.4, -0.2) is 23.5 Å². The summed E-state index contributed by atoms with van der Waals surface area (Å²) in [6.07, 6.45) is 0. The van der Waals surface area contributed by atoms with Crippen molar-refractivity contribution in [2.45, 2.75) is 13.8 Å². The zero-order valence-electron chi connectivity index (χ0n) is 14.6. The topological polar surface area (TPSA) is 80.4 Å². The van der Waals surface area contributed by atoms with Crippen molar-refractivity contribution >= 4 is 51.7 Å². The van der Waals surface area contributed by atoms with E-state index in [0.29, 0.717) is 5.75 Å². The Morgan fingerprint density at radius 2 is 1.81 bits per heavy atom. The maximum absolute atomic E-state index is 11.7. The summed E-state index contributed by atoms with van der Waals surface area (Å²) < 4.78 is 10.5. The number of H-pyrrole nitrogens is 1. The van der Waals surface area contributed by atoms with Crippen molar-refractivity contribution in [3.05, 3.63) is 52.1 Å². The molecule has 27 heavy (non-hydrogen) atoms. The van der Waals surface area contributed by atoms with E-state index in [0.717, 1.165) is 16.6 Å². The lowest BCUT2D eigenvalue weighted by Crippen LogP contribution is -2.24. The number of rotatable bonds is 4. The van der Waals surface area contributed by atoms with Crippen LogP contribution in [-0.2, 0) is 14.3 Å².